The van der Waals surface area contributed by atoms with E-state index in [4.69, 9.17) is 23.1 Å². The van der Waals surface area contributed by atoms with Crippen molar-refractivity contribution in [2.75, 3.05) is 13.1 Å². The number of hydrogen-bond acceptors (Lipinski definition) is 2. The minimum absolute atomic E-state index is 0.0506. The van der Waals surface area contributed by atoms with E-state index < -0.39 is 18.4 Å². The van der Waals surface area contributed by atoms with Crippen molar-refractivity contribution >= 4 is 29.6 Å². The van der Waals surface area contributed by atoms with Gasteiger partial charge in [0.1, 0.15) is 6.54 Å². The van der Waals surface area contributed by atoms with E-state index in [1.807, 2.05) is 0 Å². The molecule has 1 aromatic carbocycles. The molecule has 0 heterocycles. The normalized spacial score (nSPS) is 10.1. The van der Waals surface area contributed by atoms with Crippen LogP contribution in [0.25, 0.3) is 6.08 Å². The molecule has 0 bridgehead atoms. The predicted molar refractivity (Wildman–Crippen MR) is 73.5 cm³/mol. The summed E-state index contributed by atoms with van der Waals surface area (Å²) in [5.74, 6) is 0.679. The predicted octanol–water partition coefficient (Wildman–Crippen LogP) is 1.90. The molecule has 1 aromatic rings. The Balaban J connectivity index is 2.76. The molecule has 0 aliphatic heterocycles. The maximum Gasteiger partial charge on any atom is 0.323 e. The van der Waals surface area contributed by atoms with Gasteiger partial charge in [0.25, 0.3) is 0 Å². The maximum atomic E-state index is 11.8. The molecule has 0 saturated carbocycles. The number of terminal acetylenes is 1. The molecule has 0 radical (unpaired) electrons. The van der Waals surface area contributed by atoms with Crippen LogP contribution >= 0.6 is 11.6 Å². The van der Waals surface area contributed by atoms with Crippen LogP contribution in [-0.2, 0) is 9.59 Å². The standard InChI is InChI=1S/C14H12ClNO3/c1-2-8-16(10-14(18)19)13(17)7-6-11-4-3-5-12(15)9-11/h1,3-7,9H,8,10H2,(H,18,19). The third kappa shape index (κ3) is 5.28. The van der Waals surface area contributed by atoms with Crippen LogP contribution in [0.2, 0.25) is 5.02 Å². The molecule has 0 fully saturated rings. The number of amides is 1. The Kier molecular flexibility index (Phi) is 5.65. The number of rotatable bonds is 5. The molecule has 1 N–H and O–H groups in total. The molecule has 0 atom stereocenters. The smallest absolute Gasteiger partial charge is 0.323 e. The van der Waals surface area contributed by atoms with Gasteiger partial charge in [0.05, 0.1) is 6.54 Å². The Bertz CT molecular complexity index is 546. The van der Waals surface area contributed by atoms with E-state index in [2.05, 4.69) is 5.92 Å². The van der Waals surface area contributed by atoms with Crippen LogP contribution in [0.3, 0.4) is 0 Å². The molecule has 5 heteroatoms. The quantitative estimate of drug-likeness (QED) is 0.661. The van der Waals surface area contributed by atoms with Gasteiger partial charge in [-0.15, -0.1) is 6.42 Å². The van der Waals surface area contributed by atoms with Gasteiger partial charge in [-0.05, 0) is 23.8 Å². The van der Waals surface area contributed by atoms with Gasteiger partial charge in [0.2, 0.25) is 5.91 Å². The Hall–Kier alpha value is -2.25. The summed E-state index contributed by atoms with van der Waals surface area (Å²) in [5.41, 5.74) is 0.747. The van der Waals surface area contributed by atoms with E-state index in [-0.39, 0.29) is 6.54 Å². The first-order valence-corrected chi connectivity index (χ1v) is 5.78. The van der Waals surface area contributed by atoms with Gasteiger partial charge >= 0.3 is 5.97 Å². The van der Waals surface area contributed by atoms with Gasteiger partial charge in [0, 0.05) is 11.1 Å². The Morgan fingerprint density at radius 2 is 2.21 bits per heavy atom. The molecule has 0 unspecified atom stereocenters. The van der Waals surface area contributed by atoms with E-state index in [9.17, 15) is 9.59 Å². The number of nitrogens with zero attached hydrogens (tertiary/aromatic N) is 1. The zero-order valence-corrected chi connectivity index (χ0v) is 10.8. The number of hydrogen-bond donors (Lipinski definition) is 1. The fourth-order valence-corrected chi connectivity index (χ4v) is 1.57. The number of carbonyl (C=O) groups excluding carboxylic acids is 1. The SMILES string of the molecule is C#CCN(CC(=O)O)C(=O)C=Cc1cccc(Cl)c1. The number of aliphatic carboxylic acids is 1. The van der Waals surface area contributed by atoms with Crippen molar-refractivity contribution in [3.05, 3.63) is 40.9 Å². The summed E-state index contributed by atoms with van der Waals surface area (Å²) in [6.07, 6.45) is 7.92. The van der Waals surface area contributed by atoms with Gasteiger partial charge in [-0.1, -0.05) is 29.7 Å². The second-order valence-electron chi connectivity index (χ2n) is 3.68. The molecule has 1 rings (SSSR count). The summed E-state index contributed by atoms with van der Waals surface area (Å²) in [6, 6.07) is 6.94. The van der Waals surface area contributed by atoms with E-state index in [0.717, 1.165) is 10.5 Å². The monoisotopic (exact) mass is 277 g/mol. The molecule has 1 amide bonds. The summed E-state index contributed by atoms with van der Waals surface area (Å²) >= 11 is 5.81. The number of carboxylic acids is 1. The largest absolute Gasteiger partial charge is 0.480 e. The van der Waals surface area contributed by atoms with E-state index in [1.54, 1.807) is 30.3 Å². The third-order valence-electron chi connectivity index (χ3n) is 2.19. The topological polar surface area (TPSA) is 57.6 Å². The summed E-state index contributed by atoms with van der Waals surface area (Å²) in [6.45, 7) is -0.478. The van der Waals surface area contributed by atoms with Crippen LogP contribution in [-0.4, -0.2) is 35.0 Å². The Labute approximate surface area is 116 Å². The molecule has 98 valence electrons. The highest BCUT2D eigenvalue weighted by atomic mass is 35.5. The van der Waals surface area contributed by atoms with Crippen molar-refractivity contribution in [2.24, 2.45) is 0 Å². The first-order chi connectivity index (χ1) is 9.02. The van der Waals surface area contributed by atoms with Crippen molar-refractivity contribution in [3.8, 4) is 12.3 Å². The van der Waals surface area contributed by atoms with Crippen LogP contribution in [0, 0.1) is 12.3 Å². The average molecular weight is 278 g/mol. The Morgan fingerprint density at radius 1 is 1.47 bits per heavy atom. The zero-order valence-electron chi connectivity index (χ0n) is 10.0. The molecule has 19 heavy (non-hydrogen) atoms. The second kappa shape index (κ2) is 7.24. The van der Waals surface area contributed by atoms with Crippen LogP contribution in [0.1, 0.15) is 5.56 Å². The van der Waals surface area contributed by atoms with Crippen molar-refractivity contribution in [2.45, 2.75) is 0 Å². The number of benzene rings is 1. The fourth-order valence-electron chi connectivity index (χ4n) is 1.37. The lowest BCUT2D eigenvalue weighted by atomic mass is 10.2. The second-order valence-corrected chi connectivity index (χ2v) is 4.12. The zero-order chi connectivity index (χ0) is 14.3. The lowest BCUT2D eigenvalue weighted by molar-refractivity contribution is -0.142. The van der Waals surface area contributed by atoms with Crippen molar-refractivity contribution in [1.82, 2.24) is 4.90 Å². The lowest BCUT2D eigenvalue weighted by Crippen LogP contribution is -2.34. The summed E-state index contributed by atoms with van der Waals surface area (Å²) in [4.78, 5) is 23.4. The van der Waals surface area contributed by atoms with Gasteiger partial charge in [-0.2, -0.15) is 0 Å². The summed E-state index contributed by atoms with van der Waals surface area (Å²) in [7, 11) is 0. The Morgan fingerprint density at radius 3 is 2.79 bits per heavy atom. The first kappa shape index (κ1) is 14.8. The van der Waals surface area contributed by atoms with Gasteiger partial charge in [-0.25, -0.2) is 0 Å². The van der Waals surface area contributed by atoms with Crippen molar-refractivity contribution < 1.29 is 14.7 Å². The minimum Gasteiger partial charge on any atom is -0.480 e. The fraction of sp³-hybridized carbons (Fsp3) is 0.143. The number of carbonyl (C=O) groups is 2. The lowest BCUT2D eigenvalue weighted by Gasteiger charge is -2.15. The number of carboxylic acid groups (broad SMARTS) is 1. The highest BCUT2D eigenvalue weighted by Crippen LogP contribution is 2.11. The average Bonchev–Trinajstić information content (AvgIpc) is 2.35. The van der Waals surface area contributed by atoms with Gasteiger partial charge in [0.15, 0.2) is 0 Å². The van der Waals surface area contributed by atoms with Crippen LogP contribution in [0.5, 0.6) is 0 Å². The molecule has 0 aliphatic rings. The maximum absolute atomic E-state index is 11.8. The van der Waals surface area contributed by atoms with E-state index in [1.165, 1.54) is 6.08 Å². The molecule has 0 aromatic heterocycles. The van der Waals surface area contributed by atoms with Crippen LogP contribution in [0.15, 0.2) is 30.3 Å². The molecule has 0 aliphatic carbocycles. The number of halogens is 1. The summed E-state index contributed by atoms with van der Waals surface area (Å²) in [5, 5.41) is 9.23. The summed E-state index contributed by atoms with van der Waals surface area (Å²) < 4.78 is 0. The van der Waals surface area contributed by atoms with Gasteiger partial charge < -0.3 is 10.0 Å². The van der Waals surface area contributed by atoms with Crippen LogP contribution in [0.4, 0.5) is 0 Å². The minimum atomic E-state index is -1.11. The van der Waals surface area contributed by atoms with E-state index >= 15 is 0 Å². The van der Waals surface area contributed by atoms with Crippen LogP contribution < -0.4 is 0 Å². The molecule has 0 spiro atoms. The highest BCUT2D eigenvalue weighted by molar-refractivity contribution is 6.30. The van der Waals surface area contributed by atoms with Gasteiger partial charge in [-0.3, -0.25) is 9.59 Å². The first-order valence-electron chi connectivity index (χ1n) is 5.40. The highest BCUT2D eigenvalue weighted by Gasteiger charge is 2.12. The molecular formula is C14H12ClNO3. The molecular weight excluding hydrogens is 266 g/mol. The van der Waals surface area contributed by atoms with Crippen molar-refractivity contribution in [3.63, 3.8) is 0 Å². The third-order valence-corrected chi connectivity index (χ3v) is 2.42. The molecule has 4 nitrogen and oxygen atoms in total. The van der Waals surface area contributed by atoms with Crippen molar-refractivity contribution in [1.29, 1.82) is 0 Å². The molecule has 0 saturated heterocycles. The van der Waals surface area contributed by atoms with E-state index in [0.29, 0.717) is 5.02 Å².